The molecule has 0 aliphatic rings. The fourth-order valence-corrected chi connectivity index (χ4v) is 3.76. The van der Waals surface area contributed by atoms with E-state index in [0.717, 1.165) is 11.3 Å². The number of hydrogen-bond acceptors (Lipinski definition) is 7. The van der Waals surface area contributed by atoms with Crippen molar-refractivity contribution in [1.82, 2.24) is 14.8 Å². The number of amides is 2. The predicted molar refractivity (Wildman–Crippen MR) is 121 cm³/mol. The Labute approximate surface area is 190 Å². The van der Waals surface area contributed by atoms with Crippen LogP contribution in [0, 0.1) is 17.7 Å². The van der Waals surface area contributed by atoms with Gasteiger partial charge in [0.05, 0.1) is 16.5 Å². The first kappa shape index (κ1) is 23.6. The maximum atomic E-state index is 13.0. The van der Waals surface area contributed by atoms with Crippen LogP contribution >= 0.6 is 0 Å². The molecule has 3 aromatic rings. The number of aryl methyl sites for hydroxylation is 1. The number of aromatic nitrogens is 2. The quantitative estimate of drug-likeness (QED) is 0.209. The van der Waals surface area contributed by atoms with Gasteiger partial charge in [0.15, 0.2) is 6.61 Å². The molecule has 10 heteroatoms. The third-order valence-corrected chi connectivity index (χ3v) is 5.00. The van der Waals surface area contributed by atoms with E-state index < -0.39 is 24.2 Å². The van der Waals surface area contributed by atoms with Crippen molar-refractivity contribution >= 4 is 23.1 Å². The minimum Gasteiger partial charge on any atom is -0.466 e. The first-order valence-corrected chi connectivity index (χ1v) is 10.4. The number of carbonyl (C=O) groups is 3. The number of primary amides is 1. The maximum Gasteiger partial charge on any atom is 0.289 e. The Morgan fingerprint density at radius 2 is 1.91 bits per heavy atom. The van der Waals surface area contributed by atoms with Gasteiger partial charge in [0, 0.05) is 18.3 Å². The molecular weight excluding hydrogens is 426 g/mol. The van der Waals surface area contributed by atoms with Gasteiger partial charge in [-0.1, -0.05) is 44.2 Å². The molecule has 3 rings (SSSR count). The number of nitrogens with one attached hydrogen (secondary N) is 1. The number of hydrogen-bond donors (Lipinski definition) is 2. The molecule has 0 fully saturated rings. The molecule has 172 valence electrons. The molecule has 2 amide bonds. The second kappa shape index (κ2) is 10.0. The standard InChI is InChI=1S/C23H25N5O5/c1-13(2)9-16-17(10-15-7-5-4-6-8-15)28-11-14(3)25-23(33-12-18(29)26-27-32)20(28)19(16)21(30)22(24)31/h4-8,11,13H,9-10,12H2,1-3H3,(H2,24,31)(H,26,29,32). The van der Waals surface area contributed by atoms with Crippen molar-refractivity contribution < 1.29 is 19.1 Å². The van der Waals surface area contributed by atoms with E-state index in [1.165, 1.54) is 0 Å². The summed E-state index contributed by atoms with van der Waals surface area (Å²) in [6.45, 7) is 5.19. The fourth-order valence-electron chi connectivity index (χ4n) is 3.76. The van der Waals surface area contributed by atoms with E-state index in [1.54, 1.807) is 22.9 Å². The normalized spacial score (nSPS) is 10.9. The minimum absolute atomic E-state index is 0.0232. The molecule has 0 saturated heterocycles. The molecule has 2 heterocycles. The number of fused-ring (bicyclic) bond motifs is 1. The fraction of sp³-hybridized carbons (Fsp3) is 0.304. The lowest BCUT2D eigenvalue weighted by atomic mass is 9.94. The predicted octanol–water partition coefficient (Wildman–Crippen LogP) is 2.28. The molecule has 0 unspecified atom stereocenters. The lowest BCUT2D eigenvalue weighted by Crippen LogP contribution is -2.25. The van der Waals surface area contributed by atoms with Gasteiger partial charge in [0.2, 0.25) is 5.88 Å². The number of nitrogens with two attached hydrogens (primary N) is 1. The van der Waals surface area contributed by atoms with Gasteiger partial charge in [0.1, 0.15) is 5.52 Å². The number of ether oxygens (including phenoxy) is 1. The van der Waals surface area contributed by atoms with Gasteiger partial charge >= 0.3 is 0 Å². The molecule has 0 spiro atoms. The van der Waals surface area contributed by atoms with Crippen LogP contribution in [-0.2, 0) is 22.4 Å². The van der Waals surface area contributed by atoms with Crippen molar-refractivity contribution in [3.05, 3.63) is 69.5 Å². The summed E-state index contributed by atoms with van der Waals surface area (Å²) in [7, 11) is 0. The van der Waals surface area contributed by atoms with E-state index in [4.69, 9.17) is 10.5 Å². The zero-order chi connectivity index (χ0) is 24.1. The zero-order valence-electron chi connectivity index (χ0n) is 18.6. The molecule has 0 saturated carbocycles. The van der Waals surface area contributed by atoms with E-state index in [0.29, 0.717) is 24.1 Å². The van der Waals surface area contributed by atoms with Gasteiger partial charge in [-0.15, -0.1) is 4.91 Å². The summed E-state index contributed by atoms with van der Waals surface area (Å²) in [6, 6.07) is 9.69. The smallest absolute Gasteiger partial charge is 0.289 e. The topological polar surface area (TPSA) is 145 Å². The summed E-state index contributed by atoms with van der Waals surface area (Å²) in [6.07, 6.45) is 2.73. The van der Waals surface area contributed by atoms with Crippen LogP contribution in [0.2, 0.25) is 0 Å². The van der Waals surface area contributed by atoms with Gasteiger partial charge in [-0.3, -0.25) is 14.4 Å². The second-order valence-electron chi connectivity index (χ2n) is 8.07. The van der Waals surface area contributed by atoms with Gasteiger partial charge in [-0.2, -0.15) is 0 Å². The Bertz CT molecular complexity index is 1220. The number of Topliss-reactive ketones (excluding diaryl/α,β-unsaturated/α-hetero) is 1. The number of nitroso groups, excluding NO2 is 1. The first-order valence-electron chi connectivity index (χ1n) is 10.4. The molecule has 0 radical (unpaired) electrons. The number of nitrogens with zero attached hydrogens (tertiary/aromatic N) is 3. The highest BCUT2D eigenvalue weighted by molar-refractivity contribution is 6.44. The minimum atomic E-state index is -1.10. The molecule has 3 N–H and O–H groups in total. The summed E-state index contributed by atoms with van der Waals surface area (Å²) in [5.41, 5.74) is 10.5. The van der Waals surface area contributed by atoms with Gasteiger partial charge in [-0.05, 0) is 30.4 Å². The summed E-state index contributed by atoms with van der Waals surface area (Å²) in [5.74, 6) is -2.61. The van der Waals surface area contributed by atoms with Gasteiger partial charge in [0.25, 0.3) is 17.6 Å². The highest BCUT2D eigenvalue weighted by Gasteiger charge is 2.30. The molecule has 0 bridgehead atoms. The highest BCUT2D eigenvalue weighted by Crippen LogP contribution is 2.33. The van der Waals surface area contributed by atoms with E-state index in [1.807, 2.05) is 44.2 Å². The summed E-state index contributed by atoms with van der Waals surface area (Å²) in [4.78, 5) is 51.3. The SMILES string of the molecule is Cc1cn2c(Cc3ccccc3)c(CC(C)C)c(C(=O)C(N)=O)c2c(OCC(=O)NN=O)n1. The van der Waals surface area contributed by atoms with Crippen LogP contribution in [0.5, 0.6) is 5.88 Å². The monoisotopic (exact) mass is 451 g/mol. The van der Waals surface area contributed by atoms with E-state index >= 15 is 0 Å². The summed E-state index contributed by atoms with van der Waals surface area (Å²) < 4.78 is 7.33. The Balaban J connectivity index is 2.30. The van der Waals surface area contributed by atoms with Crippen LogP contribution in [0.25, 0.3) is 5.52 Å². The van der Waals surface area contributed by atoms with Crippen molar-refractivity contribution in [2.24, 2.45) is 16.9 Å². The average Bonchev–Trinajstić information content (AvgIpc) is 3.04. The molecule has 33 heavy (non-hydrogen) atoms. The van der Waals surface area contributed by atoms with Crippen molar-refractivity contribution in [3.63, 3.8) is 0 Å². The van der Waals surface area contributed by atoms with Crippen LogP contribution in [0.15, 0.2) is 41.8 Å². The Morgan fingerprint density at radius 3 is 2.52 bits per heavy atom. The molecular formula is C23H25N5O5. The molecule has 0 aliphatic heterocycles. The van der Waals surface area contributed by atoms with Crippen LogP contribution in [-0.4, -0.2) is 33.6 Å². The Morgan fingerprint density at radius 1 is 1.21 bits per heavy atom. The molecule has 2 aromatic heterocycles. The van der Waals surface area contributed by atoms with Crippen LogP contribution in [0.1, 0.15) is 46.7 Å². The Hall–Kier alpha value is -4.08. The Kier molecular flexibility index (Phi) is 7.17. The second-order valence-corrected chi connectivity index (χ2v) is 8.07. The largest absolute Gasteiger partial charge is 0.466 e. The van der Waals surface area contributed by atoms with E-state index in [2.05, 4.69) is 10.3 Å². The number of benzene rings is 1. The van der Waals surface area contributed by atoms with Crippen molar-refractivity contribution in [2.75, 3.05) is 6.61 Å². The van der Waals surface area contributed by atoms with Crippen molar-refractivity contribution in [3.8, 4) is 5.88 Å². The molecule has 10 nitrogen and oxygen atoms in total. The lowest BCUT2D eigenvalue weighted by Gasteiger charge is -2.11. The summed E-state index contributed by atoms with van der Waals surface area (Å²) in [5, 5.41) is 2.32. The number of ketones is 1. The van der Waals surface area contributed by atoms with Gasteiger partial charge in [-0.25, -0.2) is 10.4 Å². The van der Waals surface area contributed by atoms with Gasteiger partial charge < -0.3 is 14.9 Å². The number of carbonyl (C=O) groups excluding carboxylic acids is 3. The third-order valence-electron chi connectivity index (χ3n) is 5.00. The molecule has 0 aliphatic carbocycles. The summed E-state index contributed by atoms with van der Waals surface area (Å²) >= 11 is 0. The van der Waals surface area contributed by atoms with E-state index in [-0.39, 0.29) is 22.9 Å². The van der Waals surface area contributed by atoms with E-state index in [9.17, 15) is 19.3 Å². The maximum absolute atomic E-state index is 13.0. The average molecular weight is 451 g/mol. The highest BCUT2D eigenvalue weighted by atomic mass is 16.5. The zero-order valence-corrected chi connectivity index (χ0v) is 18.6. The lowest BCUT2D eigenvalue weighted by molar-refractivity contribution is -0.123. The van der Waals surface area contributed by atoms with Crippen LogP contribution < -0.4 is 15.9 Å². The first-order chi connectivity index (χ1) is 15.7. The van der Waals surface area contributed by atoms with Crippen LogP contribution in [0.4, 0.5) is 0 Å². The van der Waals surface area contributed by atoms with Crippen molar-refractivity contribution in [1.29, 1.82) is 0 Å². The molecule has 0 atom stereocenters. The number of rotatable bonds is 10. The van der Waals surface area contributed by atoms with Crippen LogP contribution in [0.3, 0.4) is 0 Å². The third kappa shape index (κ3) is 5.22. The molecule has 1 aromatic carbocycles. The van der Waals surface area contributed by atoms with Crippen molar-refractivity contribution in [2.45, 2.75) is 33.6 Å².